The number of carbonyl (C=O) groups is 2. The summed E-state index contributed by atoms with van der Waals surface area (Å²) in [6, 6.07) is 12.8. The highest BCUT2D eigenvalue weighted by Crippen LogP contribution is 2.14. The number of carbonyl (C=O) groups excluding carboxylic acids is 2. The van der Waals surface area contributed by atoms with Gasteiger partial charge < -0.3 is 20.3 Å². The molecule has 1 aromatic heterocycles. The molecule has 0 radical (unpaired) electrons. The van der Waals surface area contributed by atoms with E-state index in [1.54, 1.807) is 18.3 Å². The zero-order valence-corrected chi connectivity index (χ0v) is 15.2. The third-order valence-electron chi connectivity index (χ3n) is 4.31. The van der Waals surface area contributed by atoms with Gasteiger partial charge in [0.05, 0.1) is 13.2 Å². The van der Waals surface area contributed by atoms with E-state index in [0.717, 1.165) is 24.5 Å². The molecule has 142 valence electrons. The van der Waals surface area contributed by atoms with Crippen molar-refractivity contribution in [3.63, 3.8) is 0 Å². The Hall–Kier alpha value is -2.93. The van der Waals surface area contributed by atoms with E-state index in [4.69, 9.17) is 4.74 Å². The van der Waals surface area contributed by atoms with Crippen LogP contribution in [0.2, 0.25) is 0 Å². The second kappa shape index (κ2) is 9.68. The van der Waals surface area contributed by atoms with E-state index < -0.39 is 0 Å². The summed E-state index contributed by atoms with van der Waals surface area (Å²) in [5.74, 6) is 0.626. The summed E-state index contributed by atoms with van der Waals surface area (Å²) in [7, 11) is 0. The first-order valence-electron chi connectivity index (χ1n) is 9.10. The zero-order valence-electron chi connectivity index (χ0n) is 15.2. The van der Waals surface area contributed by atoms with Crippen LogP contribution in [-0.2, 0) is 16.1 Å². The molecular formula is C20H24N4O3. The van der Waals surface area contributed by atoms with Crippen LogP contribution in [0.1, 0.15) is 22.3 Å². The summed E-state index contributed by atoms with van der Waals surface area (Å²) in [4.78, 5) is 30.5. The van der Waals surface area contributed by atoms with Crippen molar-refractivity contribution in [3.8, 4) is 0 Å². The lowest BCUT2D eigenvalue weighted by molar-refractivity contribution is -0.121. The van der Waals surface area contributed by atoms with Crippen molar-refractivity contribution in [1.82, 2.24) is 15.6 Å². The molecule has 2 N–H and O–H groups in total. The molecule has 1 saturated heterocycles. The number of aromatic nitrogens is 1. The maximum absolute atomic E-state index is 12.0. The molecule has 0 atom stereocenters. The van der Waals surface area contributed by atoms with Crippen molar-refractivity contribution in [1.29, 1.82) is 0 Å². The predicted octanol–water partition coefficient (Wildman–Crippen LogP) is 1.35. The Morgan fingerprint density at radius 3 is 2.63 bits per heavy atom. The fourth-order valence-electron chi connectivity index (χ4n) is 2.81. The molecule has 2 aromatic rings. The van der Waals surface area contributed by atoms with Crippen molar-refractivity contribution in [2.75, 3.05) is 37.7 Å². The lowest BCUT2D eigenvalue weighted by Gasteiger charge is -2.28. The van der Waals surface area contributed by atoms with Crippen LogP contribution in [0.15, 0.2) is 48.7 Å². The van der Waals surface area contributed by atoms with E-state index in [1.165, 1.54) is 0 Å². The Morgan fingerprint density at radius 1 is 1.07 bits per heavy atom. The molecule has 7 heteroatoms. The molecule has 0 aliphatic carbocycles. The van der Waals surface area contributed by atoms with Crippen LogP contribution in [0.3, 0.4) is 0 Å². The second-order valence-electron chi connectivity index (χ2n) is 6.27. The van der Waals surface area contributed by atoms with E-state index in [2.05, 4.69) is 20.5 Å². The van der Waals surface area contributed by atoms with Gasteiger partial charge >= 0.3 is 0 Å². The van der Waals surface area contributed by atoms with Crippen molar-refractivity contribution < 1.29 is 14.3 Å². The summed E-state index contributed by atoms with van der Waals surface area (Å²) in [6.45, 7) is 3.79. The zero-order chi connectivity index (χ0) is 18.9. The van der Waals surface area contributed by atoms with E-state index in [0.29, 0.717) is 31.9 Å². The second-order valence-corrected chi connectivity index (χ2v) is 6.27. The first-order valence-corrected chi connectivity index (χ1v) is 9.10. The minimum absolute atomic E-state index is 0.104. The van der Waals surface area contributed by atoms with E-state index in [9.17, 15) is 9.59 Å². The molecule has 1 aliphatic heterocycles. The van der Waals surface area contributed by atoms with Crippen molar-refractivity contribution in [2.45, 2.75) is 13.0 Å². The smallest absolute Gasteiger partial charge is 0.251 e. The van der Waals surface area contributed by atoms with Gasteiger partial charge in [0, 0.05) is 44.4 Å². The molecule has 1 aromatic carbocycles. The molecule has 2 amide bonds. The number of nitrogens with zero attached hydrogens (tertiary/aromatic N) is 2. The van der Waals surface area contributed by atoms with Crippen molar-refractivity contribution >= 4 is 17.6 Å². The summed E-state index contributed by atoms with van der Waals surface area (Å²) < 4.78 is 5.36. The standard InChI is InChI=1S/C20H24N4O3/c25-19(7-9-22-20(26)17-4-2-1-3-5-17)23-15-16-6-8-21-18(14-16)24-10-12-27-13-11-24/h1-6,8,14H,7,9-13,15H2,(H,22,26)(H,23,25). The molecule has 0 spiro atoms. The maximum Gasteiger partial charge on any atom is 0.251 e. The Balaban J connectivity index is 1.40. The summed E-state index contributed by atoms with van der Waals surface area (Å²) in [6.07, 6.45) is 1.99. The van der Waals surface area contributed by atoms with E-state index >= 15 is 0 Å². The Kier molecular flexibility index (Phi) is 6.76. The van der Waals surface area contributed by atoms with Gasteiger partial charge in [-0.05, 0) is 29.8 Å². The molecule has 2 heterocycles. The maximum atomic E-state index is 12.0. The number of morpholine rings is 1. The number of hydrogen-bond acceptors (Lipinski definition) is 5. The van der Waals surface area contributed by atoms with Crippen molar-refractivity contribution in [2.24, 2.45) is 0 Å². The number of rotatable bonds is 7. The van der Waals surface area contributed by atoms with Gasteiger partial charge in [0.2, 0.25) is 5.91 Å². The van der Waals surface area contributed by atoms with Gasteiger partial charge in [-0.25, -0.2) is 4.98 Å². The Labute approximate surface area is 158 Å². The molecule has 27 heavy (non-hydrogen) atoms. The van der Waals surface area contributed by atoms with Crippen LogP contribution in [0.25, 0.3) is 0 Å². The highest BCUT2D eigenvalue weighted by atomic mass is 16.5. The number of benzene rings is 1. The number of hydrogen-bond donors (Lipinski definition) is 2. The Morgan fingerprint density at radius 2 is 1.85 bits per heavy atom. The Bertz CT molecular complexity index is 761. The van der Waals surface area contributed by atoms with Crippen LogP contribution < -0.4 is 15.5 Å². The highest BCUT2D eigenvalue weighted by Gasteiger charge is 2.13. The molecule has 7 nitrogen and oxygen atoms in total. The molecule has 0 bridgehead atoms. The first kappa shape index (κ1) is 18.8. The molecule has 1 aliphatic rings. The largest absolute Gasteiger partial charge is 0.378 e. The van der Waals surface area contributed by atoms with Crippen molar-refractivity contribution in [3.05, 3.63) is 59.8 Å². The number of anilines is 1. The minimum atomic E-state index is -0.173. The normalized spacial score (nSPS) is 13.9. The van der Waals surface area contributed by atoms with Crippen LogP contribution in [0, 0.1) is 0 Å². The average molecular weight is 368 g/mol. The fourth-order valence-corrected chi connectivity index (χ4v) is 2.81. The monoisotopic (exact) mass is 368 g/mol. The van der Waals surface area contributed by atoms with Gasteiger partial charge in [0.25, 0.3) is 5.91 Å². The fraction of sp³-hybridized carbons (Fsp3) is 0.350. The van der Waals surface area contributed by atoms with Crippen LogP contribution in [0.4, 0.5) is 5.82 Å². The molecule has 0 unspecified atom stereocenters. The van der Waals surface area contributed by atoms with Gasteiger partial charge in [0.1, 0.15) is 5.82 Å². The molecule has 0 saturated carbocycles. The van der Waals surface area contributed by atoms with Crippen LogP contribution in [-0.4, -0.2) is 49.6 Å². The van der Waals surface area contributed by atoms with Crippen LogP contribution >= 0.6 is 0 Å². The van der Waals surface area contributed by atoms with E-state index in [-0.39, 0.29) is 18.2 Å². The lowest BCUT2D eigenvalue weighted by Crippen LogP contribution is -2.36. The summed E-state index contributed by atoms with van der Waals surface area (Å²) >= 11 is 0. The van der Waals surface area contributed by atoms with E-state index in [1.807, 2.05) is 30.3 Å². The predicted molar refractivity (Wildman–Crippen MR) is 103 cm³/mol. The SMILES string of the molecule is O=C(CCNC(=O)c1ccccc1)NCc1ccnc(N2CCOCC2)c1. The quantitative estimate of drug-likeness (QED) is 0.771. The average Bonchev–Trinajstić information content (AvgIpc) is 2.73. The molecule has 3 rings (SSSR count). The van der Waals surface area contributed by atoms with Gasteiger partial charge in [-0.15, -0.1) is 0 Å². The highest BCUT2D eigenvalue weighted by molar-refractivity contribution is 5.94. The minimum Gasteiger partial charge on any atom is -0.378 e. The summed E-state index contributed by atoms with van der Waals surface area (Å²) in [5, 5.41) is 5.63. The topological polar surface area (TPSA) is 83.6 Å². The molecule has 1 fully saturated rings. The van der Waals surface area contributed by atoms with Gasteiger partial charge in [-0.3, -0.25) is 9.59 Å². The lowest BCUT2D eigenvalue weighted by atomic mass is 10.2. The summed E-state index contributed by atoms with van der Waals surface area (Å²) in [5.41, 5.74) is 1.58. The first-order chi connectivity index (χ1) is 13.2. The number of amides is 2. The third kappa shape index (κ3) is 5.79. The van der Waals surface area contributed by atoms with Gasteiger partial charge in [-0.2, -0.15) is 0 Å². The third-order valence-corrected chi connectivity index (χ3v) is 4.31. The number of ether oxygens (including phenoxy) is 1. The number of nitrogens with one attached hydrogen (secondary N) is 2. The van der Waals surface area contributed by atoms with Gasteiger partial charge in [0.15, 0.2) is 0 Å². The number of pyridine rings is 1. The van der Waals surface area contributed by atoms with Crippen LogP contribution in [0.5, 0.6) is 0 Å². The molecular weight excluding hydrogens is 344 g/mol. The van der Waals surface area contributed by atoms with Gasteiger partial charge in [-0.1, -0.05) is 18.2 Å².